The maximum atomic E-state index is 12.8. The Hall–Kier alpha value is -2.20. The van der Waals surface area contributed by atoms with E-state index in [2.05, 4.69) is 0 Å². The van der Waals surface area contributed by atoms with Crippen LogP contribution in [0.15, 0.2) is 23.1 Å². The lowest BCUT2D eigenvalue weighted by atomic mass is 9.78. The zero-order valence-corrected chi connectivity index (χ0v) is 19.0. The van der Waals surface area contributed by atoms with Crippen molar-refractivity contribution in [2.45, 2.75) is 63.3 Å². The summed E-state index contributed by atoms with van der Waals surface area (Å²) in [5.74, 6) is 0.255. The van der Waals surface area contributed by atoms with Gasteiger partial charge in [-0.2, -0.15) is 4.31 Å². The van der Waals surface area contributed by atoms with Crippen LogP contribution in [-0.4, -0.2) is 60.7 Å². The Morgan fingerprint density at radius 2 is 1.87 bits per heavy atom. The first-order chi connectivity index (χ1) is 14.8. The van der Waals surface area contributed by atoms with Gasteiger partial charge in [-0.1, -0.05) is 26.7 Å². The van der Waals surface area contributed by atoms with Gasteiger partial charge in [0.15, 0.2) is 12.4 Å². The van der Waals surface area contributed by atoms with Gasteiger partial charge in [-0.3, -0.25) is 14.9 Å². The molecular formula is C21H31N3O6S. The van der Waals surface area contributed by atoms with Crippen LogP contribution in [0.3, 0.4) is 0 Å². The van der Waals surface area contributed by atoms with E-state index in [0.29, 0.717) is 12.5 Å². The number of nitrogens with zero attached hydrogens (tertiary/aromatic N) is 3. The first-order valence-electron chi connectivity index (χ1n) is 11.0. The van der Waals surface area contributed by atoms with E-state index in [9.17, 15) is 23.3 Å². The van der Waals surface area contributed by atoms with E-state index < -0.39 is 20.6 Å². The molecule has 1 amide bonds. The van der Waals surface area contributed by atoms with Gasteiger partial charge in [0.25, 0.3) is 5.91 Å². The van der Waals surface area contributed by atoms with Crippen molar-refractivity contribution in [1.29, 1.82) is 0 Å². The number of nitro groups is 1. The Kier molecular flexibility index (Phi) is 7.53. The maximum Gasteiger partial charge on any atom is 0.312 e. The Morgan fingerprint density at radius 3 is 2.55 bits per heavy atom. The molecular weight excluding hydrogens is 422 g/mol. The normalized spacial score (nSPS) is 21.6. The van der Waals surface area contributed by atoms with Crippen molar-refractivity contribution in [3.63, 3.8) is 0 Å². The number of carbonyl (C=O) groups excluding carboxylic acids is 1. The molecule has 9 nitrogen and oxygen atoms in total. The summed E-state index contributed by atoms with van der Waals surface area (Å²) in [6.45, 7) is 4.32. The largest absolute Gasteiger partial charge is 0.477 e. The minimum absolute atomic E-state index is 0.103. The standard InChI is InChI=1S/C21H31N3O6S/c1-3-22(4-2)31(28,29)17-11-12-20(19(14-17)24(26)27)30-15-21(25)23-13-7-9-16-8-5-6-10-18(16)23/h11-12,14,16,18H,3-10,13,15H2,1-2H3. The summed E-state index contributed by atoms with van der Waals surface area (Å²) in [4.78, 5) is 25.4. The fourth-order valence-corrected chi connectivity index (χ4v) is 6.27. The highest BCUT2D eigenvalue weighted by molar-refractivity contribution is 7.89. The summed E-state index contributed by atoms with van der Waals surface area (Å²) >= 11 is 0. The molecule has 1 saturated carbocycles. The highest BCUT2D eigenvalue weighted by atomic mass is 32.2. The number of carbonyl (C=O) groups is 1. The molecule has 0 spiro atoms. The minimum atomic E-state index is -3.84. The topological polar surface area (TPSA) is 110 Å². The van der Waals surface area contributed by atoms with E-state index in [0.717, 1.165) is 38.2 Å². The van der Waals surface area contributed by atoms with Crippen LogP contribution in [0.25, 0.3) is 0 Å². The first-order valence-corrected chi connectivity index (χ1v) is 12.4. The van der Waals surface area contributed by atoms with E-state index in [4.69, 9.17) is 4.74 Å². The second-order valence-corrected chi connectivity index (χ2v) is 10.0. The lowest BCUT2D eigenvalue weighted by Gasteiger charge is -2.44. The molecule has 1 aromatic rings. The molecule has 10 heteroatoms. The fraction of sp³-hybridized carbons (Fsp3) is 0.667. The minimum Gasteiger partial charge on any atom is -0.477 e. The summed E-state index contributed by atoms with van der Waals surface area (Å²) in [5.41, 5.74) is -0.463. The van der Waals surface area contributed by atoms with Gasteiger partial charge in [0.2, 0.25) is 10.0 Å². The van der Waals surface area contributed by atoms with Crippen molar-refractivity contribution in [2.75, 3.05) is 26.2 Å². The third-order valence-electron chi connectivity index (χ3n) is 6.39. The number of rotatable bonds is 8. The van der Waals surface area contributed by atoms with Crippen molar-refractivity contribution in [3.8, 4) is 5.75 Å². The molecule has 2 unspecified atom stereocenters. The number of sulfonamides is 1. The molecule has 0 radical (unpaired) electrons. The molecule has 172 valence electrons. The number of fused-ring (bicyclic) bond motifs is 1. The number of ether oxygens (including phenoxy) is 1. The van der Waals surface area contributed by atoms with E-state index in [-0.39, 0.29) is 42.3 Å². The summed E-state index contributed by atoms with van der Waals surface area (Å²) in [6.07, 6.45) is 6.56. The molecule has 1 heterocycles. The van der Waals surface area contributed by atoms with Gasteiger partial charge >= 0.3 is 5.69 Å². The number of hydrogen-bond donors (Lipinski definition) is 0. The lowest BCUT2D eigenvalue weighted by Crippen LogP contribution is -2.51. The molecule has 31 heavy (non-hydrogen) atoms. The zero-order chi connectivity index (χ0) is 22.6. The summed E-state index contributed by atoms with van der Waals surface area (Å²) in [5, 5.41) is 11.6. The second kappa shape index (κ2) is 9.95. The number of nitro benzene ring substituents is 1. The molecule has 0 bridgehead atoms. The Bertz CT molecular complexity index is 914. The van der Waals surface area contributed by atoms with Crippen molar-refractivity contribution in [2.24, 2.45) is 5.92 Å². The number of likely N-dealkylation sites (tertiary alicyclic amines) is 1. The molecule has 1 aliphatic heterocycles. The van der Waals surface area contributed by atoms with E-state index in [1.165, 1.54) is 22.9 Å². The lowest BCUT2D eigenvalue weighted by molar-refractivity contribution is -0.386. The van der Waals surface area contributed by atoms with Crippen LogP contribution < -0.4 is 4.74 Å². The van der Waals surface area contributed by atoms with Crippen LogP contribution in [0.5, 0.6) is 5.75 Å². The molecule has 2 fully saturated rings. The van der Waals surface area contributed by atoms with Gasteiger partial charge < -0.3 is 9.64 Å². The quantitative estimate of drug-likeness (QED) is 0.442. The average Bonchev–Trinajstić information content (AvgIpc) is 2.77. The third-order valence-corrected chi connectivity index (χ3v) is 8.43. The van der Waals surface area contributed by atoms with Gasteiger partial charge in [0.05, 0.1) is 9.82 Å². The van der Waals surface area contributed by atoms with E-state index in [1.54, 1.807) is 13.8 Å². The van der Waals surface area contributed by atoms with Gasteiger partial charge in [-0.15, -0.1) is 0 Å². The molecule has 2 atom stereocenters. The smallest absolute Gasteiger partial charge is 0.312 e. The number of amides is 1. The van der Waals surface area contributed by atoms with E-state index >= 15 is 0 Å². The van der Waals surface area contributed by atoms with Crippen LogP contribution >= 0.6 is 0 Å². The number of benzene rings is 1. The van der Waals surface area contributed by atoms with E-state index in [1.807, 2.05) is 4.90 Å². The van der Waals surface area contributed by atoms with Crippen molar-refractivity contribution >= 4 is 21.6 Å². The molecule has 2 aliphatic rings. The Labute approximate surface area is 183 Å². The van der Waals surface area contributed by atoms with Crippen molar-refractivity contribution in [3.05, 3.63) is 28.3 Å². The first kappa shape index (κ1) is 23.5. The Balaban J connectivity index is 1.75. The molecule has 0 N–H and O–H groups in total. The zero-order valence-electron chi connectivity index (χ0n) is 18.2. The maximum absolute atomic E-state index is 12.8. The van der Waals surface area contributed by atoms with Crippen molar-refractivity contribution < 1.29 is 22.9 Å². The molecule has 1 saturated heterocycles. The third kappa shape index (κ3) is 5.01. The van der Waals surface area contributed by atoms with Crippen molar-refractivity contribution in [1.82, 2.24) is 9.21 Å². The van der Waals surface area contributed by atoms with Crippen LogP contribution in [-0.2, 0) is 14.8 Å². The van der Waals surface area contributed by atoms with Crippen LogP contribution in [0.1, 0.15) is 52.4 Å². The predicted molar refractivity (Wildman–Crippen MR) is 115 cm³/mol. The summed E-state index contributed by atoms with van der Waals surface area (Å²) in [6, 6.07) is 3.79. The fourth-order valence-electron chi connectivity index (χ4n) is 4.79. The highest BCUT2D eigenvalue weighted by Crippen LogP contribution is 2.36. The average molecular weight is 454 g/mol. The van der Waals surface area contributed by atoms with Gasteiger partial charge in [-0.25, -0.2) is 8.42 Å². The molecule has 3 rings (SSSR count). The predicted octanol–water partition coefficient (Wildman–Crippen LogP) is 3.19. The SMILES string of the molecule is CCN(CC)S(=O)(=O)c1ccc(OCC(=O)N2CCCC3CCCCC32)c([N+](=O)[O-])c1. The summed E-state index contributed by atoms with van der Waals surface area (Å²) in [7, 11) is -3.84. The summed E-state index contributed by atoms with van der Waals surface area (Å²) < 4.78 is 32.1. The molecule has 0 aromatic heterocycles. The molecule has 1 aromatic carbocycles. The van der Waals surface area contributed by atoms with Crippen LogP contribution in [0.4, 0.5) is 5.69 Å². The van der Waals surface area contributed by atoms with Crippen LogP contribution in [0, 0.1) is 16.0 Å². The van der Waals surface area contributed by atoms with Gasteiger partial charge in [-0.05, 0) is 43.7 Å². The highest BCUT2D eigenvalue weighted by Gasteiger charge is 2.36. The Morgan fingerprint density at radius 1 is 1.19 bits per heavy atom. The monoisotopic (exact) mass is 453 g/mol. The second-order valence-electron chi connectivity index (χ2n) is 8.11. The van der Waals surface area contributed by atoms with Gasteiger partial charge in [0.1, 0.15) is 0 Å². The molecule has 1 aliphatic carbocycles. The number of hydrogen-bond acceptors (Lipinski definition) is 6. The number of piperidine rings is 1. The van der Waals surface area contributed by atoms with Crippen LogP contribution in [0.2, 0.25) is 0 Å². The van der Waals surface area contributed by atoms with Gasteiger partial charge in [0, 0.05) is 31.7 Å².